The van der Waals surface area contributed by atoms with Crippen LogP contribution in [0.25, 0.3) is 22.2 Å². The first-order valence-electron chi connectivity index (χ1n) is 12.4. The number of esters is 1. The molecule has 2 aromatic heterocycles. The van der Waals surface area contributed by atoms with E-state index in [0.29, 0.717) is 27.7 Å². The van der Waals surface area contributed by atoms with Crippen molar-refractivity contribution in [3.63, 3.8) is 0 Å². The molecule has 0 aliphatic heterocycles. The molecule has 1 aliphatic carbocycles. The molecule has 190 valence electrons. The number of hydrogen-bond acceptors (Lipinski definition) is 5. The number of halogens is 1. The van der Waals surface area contributed by atoms with Gasteiger partial charge in [-0.1, -0.05) is 67.0 Å². The fourth-order valence-electron chi connectivity index (χ4n) is 5.03. The fraction of sp³-hybridized carbons (Fsp3) is 0.300. The van der Waals surface area contributed by atoms with Crippen molar-refractivity contribution in [3.05, 3.63) is 80.6 Å². The van der Waals surface area contributed by atoms with Gasteiger partial charge in [0.2, 0.25) is 0 Å². The molecule has 7 heteroatoms. The Kier molecular flexibility index (Phi) is 6.94. The van der Waals surface area contributed by atoms with Crippen LogP contribution in [0.3, 0.4) is 0 Å². The number of amides is 1. The van der Waals surface area contributed by atoms with Crippen molar-refractivity contribution in [1.82, 2.24) is 4.98 Å². The quantitative estimate of drug-likeness (QED) is 0.250. The molecule has 1 amide bonds. The zero-order chi connectivity index (χ0) is 26.3. The Morgan fingerprint density at radius 2 is 1.84 bits per heavy atom. The van der Waals surface area contributed by atoms with Gasteiger partial charge in [0.05, 0.1) is 29.4 Å². The first-order valence-corrected chi connectivity index (χ1v) is 14.0. The minimum atomic E-state index is -0.405. The third-order valence-electron chi connectivity index (χ3n) is 7.21. The molecule has 0 spiro atoms. The number of benzene rings is 2. The van der Waals surface area contributed by atoms with Gasteiger partial charge in [-0.2, -0.15) is 0 Å². The summed E-state index contributed by atoms with van der Waals surface area (Å²) < 4.78 is 6.12. The Balaban J connectivity index is 1.56. The highest BCUT2D eigenvalue weighted by atomic mass is 79.9. The van der Waals surface area contributed by atoms with Crippen LogP contribution in [-0.4, -0.2) is 24.0 Å². The van der Waals surface area contributed by atoms with Crippen LogP contribution in [0.5, 0.6) is 0 Å². The van der Waals surface area contributed by atoms with Gasteiger partial charge in [0, 0.05) is 20.3 Å². The SMILES string of the molecule is COC(=O)c1c(NC(=O)c2cc(-c3ccc(Br)cc3)nc3ccccc23)sc2c1CCC(C(C)(C)C)C2. The summed E-state index contributed by atoms with van der Waals surface area (Å²) in [5, 5.41) is 4.39. The van der Waals surface area contributed by atoms with Crippen LogP contribution in [0.4, 0.5) is 5.00 Å². The van der Waals surface area contributed by atoms with Gasteiger partial charge in [-0.25, -0.2) is 9.78 Å². The first-order chi connectivity index (χ1) is 17.7. The molecule has 1 atom stereocenters. The highest BCUT2D eigenvalue weighted by Crippen LogP contribution is 2.44. The second-order valence-electron chi connectivity index (χ2n) is 10.5. The number of nitrogens with zero attached hydrogens (tertiary/aromatic N) is 1. The molecular formula is C30H29BrN2O3S. The van der Waals surface area contributed by atoms with Crippen molar-refractivity contribution < 1.29 is 14.3 Å². The number of pyridine rings is 1. The summed E-state index contributed by atoms with van der Waals surface area (Å²) in [6.45, 7) is 6.78. The minimum absolute atomic E-state index is 0.176. The molecular weight excluding hydrogens is 548 g/mol. The van der Waals surface area contributed by atoms with Gasteiger partial charge in [0.25, 0.3) is 5.91 Å². The second-order valence-corrected chi connectivity index (χ2v) is 12.6. The number of rotatable bonds is 4. The second kappa shape index (κ2) is 10.0. The normalized spacial score (nSPS) is 15.3. The molecule has 1 N–H and O–H groups in total. The van der Waals surface area contributed by atoms with Gasteiger partial charge in [-0.05, 0) is 60.4 Å². The van der Waals surface area contributed by atoms with Crippen LogP contribution in [0.1, 0.15) is 58.3 Å². The van der Waals surface area contributed by atoms with E-state index in [1.807, 2.05) is 54.6 Å². The first kappa shape index (κ1) is 25.6. The molecule has 0 fully saturated rings. The summed E-state index contributed by atoms with van der Waals surface area (Å²) in [7, 11) is 1.39. The van der Waals surface area contributed by atoms with Gasteiger partial charge >= 0.3 is 5.97 Å². The number of hydrogen-bond donors (Lipinski definition) is 1. The zero-order valence-electron chi connectivity index (χ0n) is 21.4. The van der Waals surface area contributed by atoms with Crippen molar-refractivity contribution in [2.24, 2.45) is 11.3 Å². The Bertz CT molecular complexity index is 1500. The molecule has 1 aliphatic rings. The number of aromatic nitrogens is 1. The summed E-state index contributed by atoms with van der Waals surface area (Å²) in [6, 6.07) is 17.3. The predicted octanol–water partition coefficient (Wildman–Crippen LogP) is 7.92. The van der Waals surface area contributed by atoms with Crippen LogP contribution < -0.4 is 5.32 Å². The molecule has 37 heavy (non-hydrogen) atoms. The van der Waals surface area contributed by atoms with Gasteiger partial charge in [0.15, 0.2) is 0 Å². The number of fused-ring (bicyclic) bond motifs is 2. The number of carbonyl (C=O) groups excluding carboxylic acids is 2. The highest BCUT2D eigenvalue weighted by molar-refractivity contribution is 9.10. The van der Waals surface area contributed by atoms with Crippen molar-refractivity contribution >= 4 is 55.0 Å². The lowest BCUT2D eigenvalue weighted by atomic mass is 9.72. The molecule has 0 saturated heterocycles. The van der Waals surface area contributed by atoms with Gasteiger partial charge in [0.1, 0.15) is 5.00 Å². The minimum Gasteiger partial charge on any atom is -0.465 e. The summed E-state index contributed by atoms with van der Waals surface area (Å²) in [4.78, 5) is 32.6. The summed E-state index contributed by atoms with van der Waals surface area (Å²) in [6.07, 6.45) is 2.71. The van der Waals surface area contributed by atoms with Crippen LogP contribution in [0.2, 0.25) is 0 Å². The summed E-state index contributed by atoms with van der Waals surface area (Å²) in [5.74, 6) is -0.157. The number of nitrogens with one attached hydrogen (secondary N) is 1. The van der Waals surface area contributed by atoms with Crippen LogP contribution in [-0.2, 0) is 17.6 Å². The Morgan fingerprint density at radius 3 is 2.54 bits per heavy atom. The van der Waals surface area contributed by atoms with E-state index in [9.17, 15) is 9.59 Å². The highest BCUT2D eigenvalue weighted by Gasteiger charge is 2.34. The molecule has 5 nitrogen and oxygen atoms in total. The van der Waals surface area contributed by atoms with Gasteiger partial charge in [-0.3, -0.25) is 4.79 Å². The Morgan fingerprint density at radius 1 is 1.11 bits per heavy atom. The Hall–Kier alpha value is -3.03. The van der Waals surface area contributed by atoms with E-state index in [1.165, 1.54) is 18.4 Å². The maximum absolute atomic E-state index is 13.8. The largest absolute Gasteiger partial charge is 0.465 e. The molecule has 5 rings (SSSR count). The van der Waals surface area contributed by atoms with Gasteiger partial charge in [-0.15, -0.1) is 11.3 Å². The maximum atomic E-state index is 13.8. The van der Waals surface area contributed by atoms with E-state index in [-0.39, 0.29) is 11.3 Å². The lowest BCUT2D eigenvalue weighted by molar-refractivity contribution is 0.0600. The monoisotopic (exact) mass is 576 g/mol. The predicted molar refractivity (Wildman–Crippen MR) is 153 cm³/mol. The van der Waals surface area contributed by atoms with E-state index in [0.717, 1.165) is 50.6 Å². The van der Waals surface area contributed by atoms with Crippen LogP contribution >= 0.6 is 27.3 Å². The Labute approximate surface area is 229 Å². The molecule has 0 radical (unpaired) electrons. The van der Waals surface area contributed by atoms with Crippen molar-refractivity contribution in [2.75, 3.05) is 12.4 Å². The van der Waals surface area contributed by atoms with Crippen molar-refractivity contribution in [3.8, 4) is 11.3 Å². The summed E-state index contributed by atoms with van der Waals surface area (Å²) in [5.41, 5.74) is 4.56. The molecule has 0 saturated carbocycles. The topological polar surface area (TPSA) is 68.3 Å². The lowest BCUT2D eigenvalue weighted by Gasteiger charge is -2.33. The average Bonchev–Trinajstić information content (AvgIpc) is 3.24. The average molecular weight is 578 g/mol. The van der Waals surface area contributed by atoms with Crippen LogP contribution in [0, 0.1) is 11.3 Å². The number of para-hydroxylation sites is 1. The molecule has 0 bridgehead atoms. The zero-order valence-corrected chi connectivity index (χ0v) is 23.8. The van der Waals surface area contributed by atoms with E-state index in [4.69, 9.17) is 9.72 Å². The number of carbonyl (C=O) groups is 2. The van der Waals surface area contributed by atoms with E-state index in [1.54, 1.807) is 0 Å². The third kappa shape index (κ3) is 5.07. The molecule has 2 heterocycles. The smallest absolute Gasteiger partial charge is 0.341 e. The van der Waals surface area contributed by atoms with Gasteiger partial charge < -0.3 is 10.1 Å². The molecule has 4 aromatic rings. The number of thiophene rings is 1. The van der Waals surface area contributed by atoms with Crippen molar-refractivity contribution in [2.45, 2.75) is 40.0 Å². The maximum Gasteiger partial charge on any atom is 0.341 e. The summed E-state index contributed by atoms with van der Waals surface area (Å²) >= 11 is 4.98. The van der Waals surface area contributed by atoms with E-state index < -0.39 is 5.97 Å². The lowest BCUT2D eigenvalue weighted by Crippen LogP contribution is -2.26. The standard InChI is InChI=1S/C30H29BrN2O3S/c1-30(2,3)18-11-14-21-25(15-18)37-28(26(21)29(35)36-4)33-27(34)22-16-24(17-9-12-19(31)13-10-17)32-23-8-6-5-7-20(22)23/h5-10,12-13,16,18H,11,14-15H2,1-4H3,(H,33,34). The third-order valence-corrected chi connectivity index (χ3v) is 8.91. The van der Waals surface area contributed by atoms with E-state index in [2.05, 4.69) is 42.0 Å². The molecule has 1 unspecified atom stereocenters. The van der Waals surface area contributed by atoms with E-state index >= 15 is 0 Å². The van der Waals surface area contributed by atoms with Crippen molar-refractivity contribution in [1.29, 1.82) is 0 Å². The number of methoxy groups -OCH3 is 1. The number of anilines is 1. The number of ether oxygens (including phenoxy) is 1. The fourth-order valence-corrected chi connectivity index (χ4v) is 6.61. The molecule has 2 aromatic carbocycles. The van der Waals surface area contributed by atoms with Crippen LogP contribution in [0.15, 0.2) is 59.1 Å².